The second-order valence-electron chi connectivity index (χ2n) is 13.7. The van der Waals surface area contributed by atoms with Gasteiger partial charge in [-0.3, -0.25) is 4.18 Å². The Balaban J connectivity index is 1.07. The summed E-state index contributed by atoms with van der Waals surface area (Å²) >= 11 is 0. The van der Waals surface area contributed by atoms with Crippen LogP contribution in [0.15, 0.2) is 103 Å². The zero-order valence-electron chi connectivity index (χ0n) is 31.0. The number of hydrogen-bond acceptors (Lipinski definition) is 10. The molecule has 2 saturated heterocycles. The summed E-state index contributed by atoms with van der Waals surface area (Å²) in [6, 6.07) is 33.6. The van der Waals surface area contributed by atoms with Crippen molar-refractivity contribution in [2.45, 2.75) is 57.2 Å². The highest BCUT2D eigenvalue weighted by Crippen LogP contribution is 2.34. The van der Waals surface area contributed by atoms with Crippen molar-refractivity contribution < 1.29 is 41.1 Å². The van der Waals surface area contributed by atoms with Gasteiger partial charge in [0.2, 0.25) is 0 Å². The van der Waals surface area contributed by atoms with Gasteiger partial charge in [-0.2, -0.15) is 8.42 Å². The van der Waals surface area contributed by atoms with Gasteiger partial charge in [0, 0.05) is 48.8 Å². The summed E-state index contributed by atoms with van der Waals surface area (Å²) in [5.41, 5.74) is 5.02. The second kappa shape index (κ2) is 19.1. The number of methoxy groups -OCH3 is 1. The van der Waals surface area contributed by atoms with Gasteiger partial charge in [0.15, 0.2) is 0 Å². The number of para-hydroxylation sites is 2. The normalized spacial score (nSPS) is 18.7. The first-order valence-electron chi connectivity index (χ1n) is 18.5. The minimum atomic E-state index is -3.55. The average Bonchev–Trinajstić information content (AvgIpc) is 3.65. The van der Waals surface area contributed by atoms with E-state index in [2.05, 4.69) is 17.0 Å². The van der Waals surface area contributed by atoms with Gasteiger partial charge in [-0.05, 0) is 48.2 Å². The zero-order chi connectivity index (χ0) is 37.8. The molecule has 6 rings (SSSR count). The van der Waals surface area contributed by atoms with Crippen LogP contribution >= 0.6 is 0 Å². The topological polar surface area (TPSA) is 113 Å². The molecule has 4 aromatic carbocycles. The first-order chi connectivity index (χ1) is 26.3. The fourth-order valence-electron chi connectivity index (χ4n) is 7.02. The van der Waals surface area contributed by atoms with Crippen molar-refractivity contribution in [1.82, 2.24) is 4.90 Å². The molecule has 0 saturated carbocycles. The molecule has 3 atom stereocenters. The Morgan fingerprint density at radius 1 is 0.778 bits per heavy atom. The van der Waals surface area contributed by atoms with Gasteiger partial charge in [0.25, 0.3) is 10.1 Å². The van der Waals surface area contributed by atoms with E-state index in [4.69, 9.17) is 27.9 Å². The van der Waals surface area contributed by atoms with Gasteiger partial charge >= 0.3 is 6.09 Å². The van der Waals surface area contributed by atoms with Crippen LogP contribution in [0, 0.1) is 0 Å². The zero-order valence-corrected chi connectivity index (χ0v) is 31.8. The van der Waals surface area contributed by atoms with Crippen LogP contribution in [0.25, 0.3) is 0 Å². The van der Waals surface area contributed by atoms with E-state index < -0.39 is 16.2 Å². The Bertz CT molecular complexity index is 1890. The fraction of sp³-hybridized carbons (Fsp3) is 0.405. The molecule has 2 fully saturated rings. The van der Waals surface area contributed by atoms with Gasteiger partial charge in [0.05, 0.1) is 58.5 Å². The van der Waals surface area contributed by atoms with Crippen LogP contribution in [0.4, 0.5) is 10.5 Å². The summed E-state index contributed by atoms with van der Waals surface area (Å²) in [4.78, 5) is 17.1. The number of benzene rings is 4. The second-order valence-corrected chi connectivity index (χ2v) is 15.3. The summed E-state index contributed by atoms with van der Waals surface area (Å²) in [5.74, 6) is 1.63. The third kappa shape index (κ3) is 11.2. The van der Waals surface area contributed by atoms with Crippen molar-refractivity contribution in [2.75, 3.05) is 57.7 Å². The van der Waals surface area contributed by atoms with Gasteiger partial charge in [0.1, 0.15) is 18.1 Å². The number of piperidine rings is 1. The van der Waals surface area contributed by atoms with Gasteiger partial charge < -0.3 is 33.5 Å². The number of carbonyl (C=O) groups is 1. The lowest BCUT2D eigenvalue weighted by Gasteiger charge is -2.38. The van der Waals surface area contributed by atoms with E-state index in [0.29, 0.717) is 65.4 Å². The van der Waals surface area contributed by atoms with Crippen molar-refractivity contribution in [3.8, 4) is 11.5 Å². The Kier molecular flexibility index (Phi) is 13.8. The quantitative estimate of drug-likeness (QED) is 0.0829. The third-order valence-corrected chi connectivity index (χ3v) is 10.3. The number of anilines is 1. The number of amides is 1. The highest BCUT2D eigenvalue weighted by molar-refractivity contribution is 7.86. The molecule has 0 N–H and O–H groups in total. The highest BCUT2D eigenvalue weighted by atomic mass is 32.2. The predicted octanol–water partition coefficient (Wildman–Crippen LogP) is 6.95. The van der Waals surface area contributed by atoms with Crippen LogP contribution in [0.5, 0.6) is 11.5 Å². The number of carbonyl (C=O) groups excluding carboxylic acids is 1. The molecule has 4 aromatic rings. The standard InChI is InChI=1S/C42H50N2O9S/c1-48-40-16-9-7-14-35(40)30-49-25-10-26-50-36-19-17-33(18-20-36)38-22-24-44(42(45)52-29-32-11-4-3-5-12-32)28-41(38)51-31-34-13-6-8-15-39(34)43-23-21-37(27-43)53-54(2,46)47/h3-9,11-20,37-38,41H,10,21-31H2,1-2H3/t37-,38?,41?/m0/s1. The van der Waals surface area contributed by atoms with Crippen molar-refractivity contribution in [3.05, 3.63) is 125 Å². The Morgan fingerprint density at radius 2 is 1.52 bits per heavy atom. The first kappa shape index (κ1) is 39.1. The summed E-state index contributed by atoms with van der Waals surface area (Å²) in [6.45, 7) is 4.16. The third-order valence-electron chi connectivity index (χ3n) is 9.72. The van der Waals surface area contributed by atoms with E-state index in [1.54, 1.807) is 12.0 Å². The first-order valence-corrected chi connectivity index (χ1v) is 20.3. The van der Waals surface area contributed by atoms with E-state index in [-0.39, 0.29) is 24.7 Å². The molecule has 2 heterocycles. The molecule has 0 radical (unpaired) electrons. The maximum absolute atomic E-state index is 13.3. The lowest BCUT2D eigenvalue weighted by Crippen LogP contribution is -2.47. The van der Waals surface area contributed by atoms with Crippen molar-refractivity contribution in [3.63, 3.8) is 0 Å². The Morgan fingerprint density at radius 3 is 2.30 bits per heavy atom. The molecule has 0 bridgehead atoms. The SMILES string of the molecule is COc1ccccc1COCCCOc1ccc(C2CCN(C(=O)OCc3ccccc3)CC2OCc2ccccc2N2CC[C@H](OS(C)(=O)=O)C2)cc1. The molecule has 0 spiro atoms. The number of likely N-dealkylation sites (tertiary alicyclic amines) is 1. The molecular weight excluding hydrogens is 709 g/mol. The molecule has 2 aliphatic heterocycles. The van der Waals surface area contributed by atoms with Crippen molar-refractivity contribution in [2.24, 2.45) is 0 Å². The minimum absolute atomic E-state index is 0.0343. The van der Waals surface area contributed by atoms with Crippen molar-refractivity contribution in [1.29, 1.82) is 0 Å². The molecule has 288 valence electrons. The molecular formula is C42H50N2O9S. The van der Waals surface area contributed by atoms with E-state index in [1.807, 2.05) is 91.0 Å². The van der Waals surface area contributed by atoms with E-state index in [0.717, 1.165) is 52.1 Å². The molecule has 1 amide bonds. The largest absolute Gasteiger partial charge is 0.496 e. The van der Waals surface area contributed by atoms with Crippen LogP contribution in [-0.2, 0) is 48.3 Å². The van der Waals surface area contributed by atoms with Crippen LogP contribution in [0.2, 0.25) is 0 Å². The van der Waals surface area contributed by atoms with Crippen molar-refractivity contribution >= 4 is 21.9 Å². The monoisotopic (exact) mass is 758 g/mol. The predicted molar refractivity (Wildman–Crippen MR) is 206 cm³/mol. The summed E-state index contributed by atoms with van der Waals surface area (Å²) in [7, 11) is -1.89. The Labute approximate surface area is 318 Å². The molecule has 11 nitrogen and oxygen atoms in total. The smallest absolute Gasteiger partial charge is 0.410 e. The van der Waals surface area contributed by atoms with Crippen LogP contribution < -0.4 is 14.4 Å². The van der Waals surface area contributed by atoms with Crippen LogP contribution in [0.1, 0.15) is 47.4 Å². The number of ether oxygens (including phenoxy) is 5. The van der Waals surface area contributed by atoms with E-state index in [1.165, 1.54) is 0 Å². The average molecular weight is 759 g/mol. The number of hydrogen-bond donors (Lipinski definition) is 0. The lowest BCUT2D eigenvalue weighted by atomic mass is 9.87. The lowest BCUT2D eigenvalue weighted by molar-refractivity contribution is -0.0245. The molecule has 54 heavy (non-hydrogen) atoms. The van der Waals surface area contributed by atoms with Gasteiger partial charge in [-0.15, -0.1) is 0 Å². The molecule has 2 aliphatic rings. The highest BCUT2D eigenvalue weighted by Gasteiger charge is 2.35. The molecule has 0 aromatic heterocycles. The Hall–Kier alpha value is -4.62. The molecule has 0 aliphatic carbocycles. The maximum Gasteiger partial charge on any atom is 0.410 e. The van der Waals surface area contributed by atoms with Crippen LogP contribution in [-0.4, -0.2) is 84.4 Å². The maximum atomic E-state index is 13.3. The number of nitrogens with zero attached hydrogens (tertiary/aromatic N) is 2. The van der Waals surface area contributed by atoms with Crippen LogP contribution in [0.3, 0.4) is 0 Å². The summed E-state index contributed by atoms with van der Waals surface area (Å²) in [5, 5.41) is 0. The molecule has 2 unspecified atom stereocenters. The molecule has 12 heteroatoms. The van der Waals surface area contributed by atoms with Gasteiger partial charge in [-0.25, -0.2) is 4.79 Å². The summed E-state index contributed by atoms with van der Waals surface area (Å²) in [6.07, 6.45) is 2.09. The number of rotatable bonds is 17. The fourth-order valence-corrected chi connectivity index (χ4v) is 7.67. The van der Waals surface area contributed by atoms with Gasteiger partial charge in [-0.1, -0.05) is 78.9 Å². The minimum Gasteiger partial charge on any atom is -0.496 e. The van der Waals surface area contributed by atoms with E-state index in [9.17, 15) is 13.2 Å². The summed E-state index contributed by atoms with van der Waals surface area (Å²) < 4.78 is 58.5. The van der Waals surface area contributed by atoms with E-state index >= 15 is 0 Å².